The molecule has 6 nitrogen and oxygen atoms in total. The van der Waals surface area contributed by atoms with Crippen LogP contribution in [0.1, 0.15) is 19.8 Å². The average molecular weight is 323 g/mol. The number of amides is 1. The van der Waals surface area contributed by atoms with Crippen molar-refractivity contribution in [3.8, 4) is 11.4 Å². The van der Waals surface area contributed by atoms with Crippen LogP contribution in [0.25, 0.3) is 11.4 Å². The van der Waals surface area contributed by atoms with Gasteiger partial charge in [-0.25, -0.2) is 9.07 Å². The Labute approximate surface area is 132 Å². The number of unbranched alkanes of at least 4 members (excludes halogenated alkanes) is 1. The molecule has 0 aliphatic carbocycles. The summed E-state index contributed by atoms with van der Waals surface area (Å²) in [5.41, 5.74) is 0.663. The molecule has 8 heteroatoms. The molecule has 0 aliphatic heterocycles. The first-order valence-electron chi connectivity index (χ1n) is 6.97. The van der Waals surface area contributed by atoms with Crippen LogP contribution in [0.15, 0.2) is 29.4 Å². The van der Waals surface area contributed by atoms with Crippen molar-refractivity contribution in [1.29, 1.82) is 0 Å². The molecule has 1 heterocycles. The fraction of sp³-hybridized carbons (Fsp3) is 0.357. The summed E-state index contributed by atoms with van der Waals surface area (Å²) in [6, 6.07) is 5.82. The summed E-state index contributed by atoms with van der Waals surface area (Å²) >= 11 is 1.21. The van der Waals surface area contributed by atoms with Crippen LogP contribution in [0, 0.1) is 5.82 Å². The maximum absolute atomic E-state index is 12.9. The Morgan fingerprint density at radius 2 is 2.09 bits per heavy atom. The first-order valence-corrected chi connectivity index (χ1v) is 7.96. The molecule has 0 radical (unpaired) electrons. The highest BCUT2D eigenvalue weighted by Crippen LogP contribution is 2.21. The molecule has 118 valence electrons. The lowest BCUT2D eigenvalue weighted by Gasteiger charge is -2.05. The van der Waals surface area contributed by atoms with Gasteiger partial charge in [0.05, 0.1) is 5.75 Å². The molecule has 0 saturated carbocycles. The first-order chi connectivity index (χ1) is 10.6. The van der Waals surface area contributed by atoms with Crippen LogP contribution in [0.5, 0.6) is 0 Å². The number of halogens is 1. The molecule has 0 fully saturated rings. The van der Waals surface area contributed by atoms with Gasteiger partial charge in [0.15, 0.2) is 5.82 Å². The second-order valence-electron chi connectivity index (χ2n) is 4.68. The second kappa shape index (κ2) is 7.79. The number of benzene rings is 1. The Morgan fingerprint density at radius 1 is 1.36 bits per heavy atom. The van der Waals surface area contributed by atoms with E-state index in [1.54, 1.807) is 12.1 Å². The molecule has 0 atom stereocenters. The lowest BCUT2D eigenvalue weighted by Crippen LogP contribution is -2.26. The first kappa shape index (κ1) is 16.3. The number of carbonyl (C=O) groups excluding carboxylic acids is 1. The summed E-state index contributed by atoms with van der Waals surface area (Å²) in [6.45, 7) is 2.74. The lowest BCUT2D eigenvalue weighted by atomic mass is 10.2. The Morgan fingerprint density at radius 3 is 2.77 bits per heavy atom. The number of nitrogens with two attached hydrogens (primary N) is 1. The van der Waals surface area contributed by atoms with Crippen molar-refractivity contribution in [3.63, 3.8) is 0 Å². The van der Waals surface area contributed by atoms with E-state index in [0.717, 1.165) is 12.8 Å². The summed E-state index contributed by atoms with van der Waals surface area (Å²) in [5, 5.41) is 11.2. The van der Waals surface area contributed by atoms with Crippen molar-refractivity contribution >= 4 is 17.7 Å². The number of hydrogen-bond donors (Lipinski definition) is 2. The van der Waals surface area contributed by atoms with E-state index in [9.17, 15) is 9.18 Å². The number of hydrogen-bond acceptors (Lipinski definition) is 5. The van der Waals surface area contributed by atoms with Crippen LogP contribution in [0.2, 0.25) is 0 Å². The number of nitrogen functional groups attached to an aromatic ring is 1. The SMILES string of the molecule is CCCCNC(=O)CSc1nnc(-c2ccc(F)cc2)n1N. The van der Waals surface area contributed by atoms with E-state index in [4.69, 9.17) is 5.84 Å². The standard InChI is InChI=1S/C14H18FN5OS/c1-2-3-8-17-12(21)9-22-14-19-18-13(20(14)16)10-4-6-11(15)7-5-10/h4-7H,2-3,8-9,16H2,1H3,(H,17,21). The van der Waals surface area contributed by atoms with Gasteiger partial charge in [-0.15, -0.1) is 10.2 Å². The predicted octanol–water partition coefficient (Wildman–Crippen LogP) is 1.81. The van der Waals surface area contributed by atoms with Gasteiger partial charge in [0.2, 0.25) is 11.1 Å². The average Bonchev–Trinajstić information content (AvgIpc) is 2.87. The fourth-order valence-electron chi connectivity index (χ4n) is 1.76. The van der Waals surface area contributed by atoms with Gasteiger partial charge in [-0.3, -0.25) is 4.79 Å². The van der Waals surface area contributed by atoms with Gasteiger partial charge >= 0.3 is 0 Å². The lowest BCUT2D eigenvalue weighted by molar-refractivity contribution is -0.118. The van der Waals surface area contributed by atoms with Crippen molar-refractivity contribution in [1.82, 2.24) is 20.2 Å². The van der Waals surface area contributed by atoms with Crippen LogP contribution in [-0.4, -0.2) is 33.1 Å². The number of aromatic nitrogens is 3. The van der Waals surface area contributed by atoms with Crippen LogP contribution < -0.4 is 11.2 Å². The molecule has 2 rings (SSSR count). The number of rotatable bonds is 7. The fourth-order valence-corrected chi connectivity index (χ4v) is 2.44. The highest BCUT2D eigenvalue weighted by molar-refractivity contribution is 7.99. The van der Waals surface area contributed by atoms with Gasteiger partial charge in [-0.05, 0) is 30.7 Å². The number of nitrogens with one attached hydrogen (secondary N) is 1. The molecule has 22 heavy (non-hydrogen) atoms. The van der Waals surface area contributed by atoms with Crippen molar-refractivity contribution in [2.45, 2.75) is 24.9 Å². The van der Waals surface area contributed by atoms with E-state index in [1.807, 2.05) is 0 Å². The van der Waals surface area contributed by atoms with Crippen molar-refractivity contribution < 1.29 is 9.18 Å². The Hall–Kier alpha value is -2.09. The monoisotopic (exact) mass is 323 g/mol. The topological polar surface area (TPSA) is 85.8 Å². The third kappa shape index (κ3) is 4.20. The molecule has 0 spiro atoms. The molecular formula is C14H18FN5OS. The normalized spacial score (nSPS) is 10.6. The molecular weight excluding hydrogens is 305 g/mol. The highest BCUT2D eigenvalue weighted by atomic mass is 32.2. The third-order valence-corrected chi connectivity index (χ3v) is 3.89. The Kier molecular flexibility index (Phi) is 5.76. The molecule has 0 bridgehead atoms. The van der Waals surface area contributed by atoms with Gasteiger partial charge in [0, 0.05) is 12.1 Å². The third-order valence-electron chi connectivity index (χ3n) is 2.95. The second-order valence-corrected chi connectivity index (χ2v) is 5.62. The smallest absolute Gasteiger partial charge is 0.230 e. The van der Waals surface area contributed by atoms with E-state index < -0.39 is 0 Å². The molecule has 0 aliphatic rings. The summed E-state index contributed by atoms with van der Waals surface area (Å²) in [6.07, 6.45) is 1.99. The summed E-state index contributed by atoms with van der Waals surface area (Å²) in [7, 11) is 0. The summed E-state index contributed by atoms with van der Waals surface area (Å²) in [4.78, 5) is 11.6. The predicted molar refractivity (Wildman–Crippen MR) is 84.2 cm³/mol. The van der Waals surface area contributed by atoms with Gasteiger partial charge < -0.3 is 11.2 Å². The maximum atomic E-state index is 12.9. The quantitative estimate of drug-likeness (QED) is 0.461. The van der Waals surface area contributed by atoms with Crippen LogP contribution in [0.3, 0.4) is 0 Å². The number of thioether (sulfide) groups is 1. The molecule has 1 amide bonds. The van der Waals surface area contributed by atoms with Gasteiger partial charge in [-0.2, -0.15) is 0 Å². The molecule has 1 aromatic heterocycles. The number of carbonyl (C=O) groups is 1. The number of nitrogens with zero attached hydrogens (tertiary/aromatic N) is 3. The van der Waals surface area contributed by atoms with Crippen LogP contribution in [-0.2, 0) is 4.79 Å². The maximum Gasteiger partial charge on any atom is 0.230 e. The van der Waals surface area contributed by atoms with E-state index in [0.29, 0.717) is 23.1 Å². The minimum Gasteiger partial charge on any atom is -0.355 e. The Balaban J connectivity index is 1.96. The van der Waals surface area contributed by atoms with Gasteiger partial charge in [-0.1, -0.05) is 25.1 Å². The molecule has 0 unspecified atom stereocenters. The van der Waals surface area contributed by atoms with Crippen LogP contribution in [0.4, 0.5) is 4.39 Å². The molecule has 2 aromatic rings. The zero-order chi connectivity index (χ0) is 15.9. The van der Waals surface area contributed by atoms with E-state index in [-0.39, 0.29) is 17.5 Å². The largest absolute Gasteiger partial charge is 0.355 e. The minimum absolute atomic E-state index is 0.0650. The highest BCUT2D eigenvalue weighted by Gasteiger charge is 2.13. The van der Waals surface area contributed by atoms with Crippen molar-refractivity contribution in [2.75, 3.05) is 18.1 Å². The van der Waals surface area contributed by atoms with E-state index >= 15 is 0 Å². The molecule has 3 N–H and O–H groups in total. The molecule has 0 saturated heterocycles. The summed E-state index contributed by atoms with van der Waals surface area (Å²) < 4.78 is 14.2. The Bertz CT molecular complexity index is 629. The zero-order valence-electron chi connectivity index (χ0n) is 12.3. The van der Waals surface area contributed by atoms with E-state index in [1.165, 1.54) is 28.6 Å². The van der Waals surface area contributed by atoms with Crippen LogP contribution >= 0.6 is 11.8 Å². The molecule has 1 aromatic carbocycles. The van der Waals surface area contributed by atoms with Gasteiger partial charge in [0.25, 0.3) is 0 Å². The van der Waals surface area contributed by atoms with Gasteiger partial charge in [0.1, 0.15) is 5.82 Å². The minimum atomic E-state index is -0.329. The zero-order valence-corrected chi connectivity index (χ0v) is 13.1. The van der Waals surface area contributed by atoms with Crippen molar-refractivity contribution in [3.05, 3.63) is 30.1 Å². The summed E-state index contributed by atoms with van der Waals surface area (Å²) in [5.74, 6) is 6.18. The van der Waals surface area contributed by atoms with Crippen molar-refractivity contribution in [2.24, 2.45) is 0 Å². The van der Waals surface area contributed by atoms with E-state index in [2.05, 4.69) is 22.4 Å².